The third kappa shape index (κ3) is 3.19. The van der Waals surface area contributed by atoms with Crippen molar-refractivity contribution in [3.05, 3.63) is 53.9 Å². The zero-order chi connectivity index (χ0) is 13.0. The zero-order valence-electron chi connectivity index (χ0n) is 9.19. The van der Waals surface area contributed by atoms with Crippen molar-refractivity contribution in [1.82, 2.24) is 9.97 Å². The fourth-order valence-electron chi connectivity index (χ4n) is 1.48. The molecule has 0 aliphatic heterocycles. The summed E-state index contributed by atoms with van der Waals surface area (Å²) in [6.07, 6.45) is 3.35. The van der Waals surface area contributed by atoms with Crippen LogP contribution in [0.5, 0.6) is 5.75 Å². The van der Waals surface area contributed by atoms with Crippen LogP contribution >= 0.6 is 0 Å². The second-order valence-electron chi connectivity index (χ2n) is 3.52. The molecule has 0 aliphatic carbocycles. The second kappa shape index (κ2) is 5.48. The normalized spacial score (nSPS) is 10.7. The van der Waals surface area contributed by atoms with E-state index < -0.39 is 18.2 Å². The zero-order valence-corrected chi connectivity index (χ0v) is 9.19. The summed E-state index contributed by atoms with van der Waals surface area (Å²) in [6, 6.07) is 5.52. The summed E-state index contributed by atoms with van der Waals surface area (Å²) in [5.41, 5.74) is 1.34. The lowest BCUT2D eigenvalue weighted by molar-refractivity contribution is -0.0522. The van der Waals surface area contributed by atoms with E-state index in [1.807, 2.05) is 0 Å². The topological polar surface area (TPSA) is 35.0 Å². The van der Waals surface area contributed by atoms with Crippen LogP contribution in [0, 0.1) is 5.82 Å². The summed E-state index contributed by atoms with van der Waals surface area (Å²) in [5, 5.41) is 0. The maximum Gasteiger partial charge on any atom is 0.387 e. The van der Waals surface area contributed by atoms with Gasteiger partial charge in [0.15, 0.2) is 11.6 Å². The highest BCUT2D eigenvalue weighted by Gasteiger charge is 2.10. The van der Waals surface area contributed by atoms with Crippen molar-refractivity contribution in [1.29, 1.82) is 0 Å². The molecular weight excluding hydrogens is 245 g/mol. The lowest BCUT2D eigenvalue weighted by Gasteiger charge is -2.07. The van der Waals surface area contributed by atoms with E-state index in [-0.39, 0.29) is 0 Å². The Morgan fingerprint density at radius 3 is 2.72 bits per heavy atom. The van der Waals surface area contributed by atoms with Crippen LogP contribution in [0.15, 0.2) is 36.8 Å². The molecule has 0 saturated carbocycles. The van der Waals surface area contributed by atoms with Crippen LogP contribution in [0.2, 0.25) is 0 Å². The third-order valence-electron chi connectivity index (χ3n) is 2.24. The van der Waals surface area contributed by atoms with Crippen molar-refractivity contribution in [3.63, 3.8) is 0 Å². The number of benzene rings is 1. The van der Waals surface area contributed by atoms with Gasteiger partial charge in [0.2, 0.25) is 0 Å². The molecule has 0 radical (unpaired) electrons. The van der Waals surface area contributed by atoms with Gasteiger partial charge in [-0.05, 0) is 23.8 Å². The summed E-state index contributed by atoms with van der Waals surface area (Å²) in [4.78, 5) is 7.76. The standard InChI is InChI=1S/C12H9F3N2O/c13-10-2-1-8(6-11(10)18-12(14)15)5-9-3-4-16-7-17-9/h1-4,6-7,12H,5H2. The average molecular weight is 254 g/mol. The number of hydrogen-bond acceptors (Lipinski definition) is 3. The summed E-state index contributed by atoms with van der Waals surface area (Å²) >= 11 is 0. The molecule has 2 rings (SSSR count). The number of alkyl halides is 2. The smallest absolute Gasteiger partial charge is 0.387 e. The minimum absolute atomic E-state index is 0.391. The van der Waals surface area contributed by atoms with Crippen molar-refractivity contribution < 1.29 is 17.9 Å². The molecule has 0 amide bonds. The Bertz CT molecular complexity index is 520. The van der Waals surface area contributed by atoms with Crippen LogP contribution < -0.4 is 4.74 Å². The van der Waals surface area contributed by atoms with E-state index in [1.165, 1.54) is 18.5 Å². The molecule has 3 nitrogen and oxygen atoms in total. The predicted molar refractivity (Wildman–Crippen MR) is 57.9 cm³/mol. The molecule has 0 fully saturated rings. The van der Waals surface area contributed by atoms with Crippen LogP contribution in [-0.2, 0) is 6.42 Å². The van der Waals surface area contributed by atoms with E-state index in [2.05, 4.69) is 14.7 Å². The molecular formula is C12H9F3N2O. The fraction of sp³-hybridized carbons (Fsp3) is 0.167. The van der Waals surface area contributed by atoms with E-state index in [1.54, 1.807) is 12.3 Å². The average Bonchev–Trinajstić information content (AvgIpc) is 2.34. The van der Waals surface area contributed by atoms with Gasteiger partial charge < -0.3 is 4.74 Å². The molecule has 1 heterocycles. The fourth-order valence-corrected chi connectivity index (χ4v) is 1.48. The van der Waals surface area contributed by atoms with Crippen LogP contribution in [0.25, 0.3) is 0 Å². The lowest BCUT2D eigenvalue weighted by atomic mass is 10.1. The molecule has 0 spiro atoms. The lowest BCUT2D eigenvalue weighted by Crippen LogP contribution is -2.04. The summed E-state index contributed by atoms with van der Waals surface area (Å²) in [5.74, 6) is -1.28. The van der Waals surface area contributed by atoms with Gasteiger partial charge in [-0.2, -0.15) is 8.78 Å². The molecule has 0 unspecified atom stereocenters. The summed E-state index contributed by atoms with van der Waals surface area (Å²) < 4.78 is 41.4. The molecule has 94 valence electrons. The number of halogens is 3. The molecule has 0 aliphatic rings. The van der Waals surface area contributed by atoms with Gasteiger partial charge in [0.25, 0.3) is 0 Å². The Labute approximate surface area is 101 Å². The summed E-state index contributed by atoms with van der Waals surface area (Å²) in [7, 11) is 0. The minimum Gasteiger partial charge on any atom is -0.432 e. The first-order valence-corrected chi connectivity index (χ1v) is 5.13. The molecule has 1 aromatic carbocycles. The molecule has 0 N–H and O–H groups in total. The van der Waals surface area contributed by atoms with E-state index in [4.69, 9.17) is 0 Å². The molecule has 0 bridgehead atoms. The van der Waals surface area contributed by atoms with Gasteiger partial charge in [-0.15, -0.1) is 0 Å². The van der Waals surface area contributed by atoms with Crippen molar-refractivity contribution in [2.45, 2.75) is 13.0 Å². The van der Waals surface area contributed by atoms with Gasteiger partial charge in [-0.1, -0.05) is 6.07 Å². The second-order valence-corrected chi connectivity index (χ2v) is 3.52. The first-order chi connectivity index (χ1) is 8.65. The Morgan fingerprint density at radius 2 is 2.06 bits per heavy atom. The first-order valence-electron chi connectivity index (χ1n) is 5.13. The monoisotopic (exact) mass is 254 g/mol. The van der Waals surface area contributed by atoms with Crippen LogP contribution in [0.1, 0.15) is 11.3 Å². The van der Waals surface area contributed by atoms with Gasteiger partial charge in [0.05, 0.1) is 0 Å². The molecule has 1 aromatic heterocycles. The molecule has 0 atom stereocenters. The van der Waals surface area contributed by atoms with E-state index in [9.17, 15) is 13.2 Å². The highest BCUT2D eigenvalue weighted by atomic mass is 19.3. The number of ether oxygens (including phenoxy) is 1. The first kappa shape index (κ1) is 12.3. The number of hydrogen-bond donors (Lipinski definition) is 0. The molecule has 0 saturated heterocycles. The highest BCUT2D eigenvalue weighted by Crippen LogP contribution is 2.22. The van der Waals surface area contributed by atoms with Crippen molar-refractivity contribution >= 4 is 0 Å². The third-order valence-corrected chi connectivity index (χ3v) is 2.24. The Kier molecular flexibility index (Phi) is 3.76. The quantitative estimate of drug-likeness (QED) is 0.841. The largest absolute Gasteiger partial charge is 0.432 e. The van der Waals surface area contributed by atoms with Crippen molar-refractivity contribution in [3.8, 4) is 5.75 Å². The van der Waals surface area contributed by atoms with Crippen LogP contribution in [-0.4, -0.2) is 16.6 Å². The van der Waals surface area contributed by atoms with E-state index in [0.29, 0.717) is 17.7 Å². The molecule has 2 aromatic rings. The number of aromatic nitrogens is 2. The Balaban J connectivity index is 2.19. The van der Waals surface area contributed by atoms with Gasteiger partial charge in [-0.25, -0.2) is 14.4 Å². The van der Waals surface area contributed by atoms with Gasteiger partial charge in [0, 0.05) is 18.3 Å². The van der Waals surface area contributed by atoms with Crippen LogP contribution in [0.3, 0.4) is 0 Å². The highest BCUT2D eigenvalue weighted by molar-refractivity contribution is 5.32. The van der Waals surface area contributed by atoms with Crippen molar-refractivity contribution in [2.75, 3.05) is 0 Å². The number of nitrogens with zero attached hydrogens (tertiary/aromatic N) is 2. The number of rotatable bonds is 4. The maximum absolute atomic E-state index is 13.2. The van der Waals surface area contributed by atoms with Gasteiger partial charge in [-0.3, -0.25) is 0 Å². The van der Waals surface area contributed by atoms with Crippen molar-refractivity contribution in [2.24, 2.45) is 0 Å². The Morgan fingerprint density at radius 1 is 1.22 bits per heavy atom. The van der Waals surface area contributed by atoms with Gasteiger partial charge in [0.1, 0.15) is 6.33 Å². The van der Waals surface area contributed by atoms with Crippen LogP contribution in [0.4, 0.5) is 13.2 Å². The van der Waals surface area contributed by atoms with E-state index >= 15 is 0 Å². The SMILES string of the molecule is Fc1ccc(Cc2ccncn2)cc1OC(F)F. The predicted octanol–water partition coefficient (Wildman–Crippen LogP) is 2.81. The summed E-state index contributed by atoms with van der Waals surface area (Å²) in [6.45, 7) is -3.05. The maximum atomic E-state index is 13.2. The van der Waals surface area contributed by atoms with Gasteiger partial charge >= 0.3 is 6.61 Å². The Hall–Kier alpha value is -2.11. The molecule has 6 heteroatoms. The minimum atomic E-state index is -3.05. The molecule has 18 heavy (non-hydrogen) atoms. The van der Waals surface area contributed by atoms with E-state index in [0.717, 1.165) is 6.07 Å².